The van der Waals surface area contributed by atoms with Gasteiger partial charge in [0.1, 0.15) is 0 Å². The molecule has 0 bridgehead atoms. The molecule has 0 radical (unpaired) electrons. The van der Waals surface area contributed by atoms with Crippen LogP contribution in [-0.2, 0) is 16.1 Å². The van der Waals surface area contributed by atoms with E-state index >= 15 is 0 Å². The Balaban J connectivity index is 1.39. The van der Waals surface area contributed by atoms with Gasteiger partial charge in [-0.15, -0.1) is 0 Å². The largest absolute Gasteiger partial charge is 0.394 e. The normalized spacial score (nSPS) is 20.5. The van der Waals surface area contributed by atoms with E-state index < -0.39 is 5.91 Å². The van der Waals surface area contributed by atoms with Gasteiger partial charge < -0.3 is 21.5 Å². The molecule has 3 aromatic rings. The van der Waals surface area contributed by atoms with Gasteiger partial charge in [0.2, 0.25) is 11.8 Å². The van der Waals surface area contributed by atoms with Crippen molar-refractivity contribution in [2.24, 2.45) is 11.7 Å². The third-order valence-electron chi connectivity index (χ3n) is 7.41. The highest BCUT2D eigenvalue weighted by atomic mass is 16.3. The second-order valence-electron chi connectivity index (χ2n) is 9.91. The van der Waals surface area contributed by atoms with Gasteiger partial charge >= 0.3 is 0 Å². The Hall–Kier alpha value is -3.75. The zero-order valence-electron chi connectivity index (χ0n) is 20.8. The highest BCUT2D eigenvalue weighted by molar-refractivity contribution is 5.91. The second kappa shape index (κ2) is 11.1. The van der Waals surface area contributed by atoms with Crippen LogP contribution >= 0.6 is 0 Å². The van der Waals surface area contributed by atoms with Crippen molar-refractivity contribution in [3.8, 4) is 11.1 Å². The zero-order valence-corrected chi connectivity index (χ0v) is 20.8. The Morgan fingerprint density at radius 2 is 1.89 bits per heavy atom. The van der Waals surface area contributed by atoms with Gasteiger partial charge in [-0.2, -0.15) is 0 Å². The number of hydrogen-bond donors (Lipinski definition) is 4. The van der Waals surface area contributed by atoms with E-state index in [1.165, 1.54) is 11.1 Å². The van der Waals surface area contributed by atoms with Crippen molar-refractivity contribution < 1.29 is 14.7 Å². The van der Waals surface area contributed by atoms with Crippen molar-refractivity contribution in [2.75, 3.05) is 23.8 Å². The van der Waals surface area contributed by atoms with Crippen LogP contribution in [0.1, 0.15) is 42.9 Å². The molecular weight excluding hydrogens is 466 g/mol. The molecule has 37 heavy (non-hydrogen) atoms. The number of pyridine rings is 1. The highest BCUT2D eigenvalue weighted by Gasteiger charge is 2.43. The number of aliphatic hydroxyl groups is 1. The Labute approximate surface area is 216 Å². The Bertz CT molecular complexity index is 1270. The van der Waals surface area contributed by atoms with E-state index in [2.05, 4.69) is 50.8 Å². The van der Waals surface area contributed by atoms with Crippen molar-refractivity contribution >= 4 is 23.2 Å². The van der Waals surface area contributed by atoms with E-state index in [1.54, 1.807) is 0 Å². The first-order valence-corrected chi connectivity index (χ1v) is 12.8. The number of aliphatic hydroxyl groups excluding tert-OH is 1. The van der Waals surface area contributed by atoms with Gasteiger partial charge in [0.25, 0.3) is 0 Å². The van der Waals surface area contributed by atoms with Crippen molar-refractivity contribution in [1.29, 1.82) is 0 Å². The predicted octanol–water partition coefficient (Wildman–Crippen LogP) is 3.69. The standard InChI is InChI=1S/C29H33N5O3/c30-27(36)5-2-6-28(37)32-22-4-1-3-20(15-22)21-7-8-25-24(16-21)29-23(26(18-35)33-25)11-14-34(29)17-19-9-12-31-13-10-19/h1,3-4,7-10,12-13,15-16,23,26,29,33,35H,2,5-6,11,14,17-18H2,(H2,30,36)(H,32,37)/t23-,26-,29-/m1/s1. The SMILES string of the molecule is NC(=O)CCCC(=O)Nc1cccc(-c2ccc3c(c2)[C@H]2[C@H](CCN2Cc2ccncc2)[C@@H](CO)N3)c1. The lowest BCUT2D eigenvalue weighted by molar-refractivity contribution is -0.118. The number of hydrogen-bond acceptors (Lipinski definition) is 6. The smallest absolute Gasteiger partial charge is 0.224 e. The van der Waals surface area contributed by atoms with Gasteiger partial charge in [0, 0.05) is 55.1 Å². The molecule has 8 nitrogen and oxygen atoms in total. The third kappa shape index (κ3) is 5.65. The van der Waals surface area contributed by atoms with Gasteiger partial charge in [-0.25, -0.2) is 0 Å². The minimum Gasteiger partial charge on any atom is -0.394 e. The first-order chi connectivity index (χ1) is 18.0. The summed E-state index contributed by atoms with van der Waals surface area (Å²) in [6, 6.07) is 18.6. The molecule has 3 heterocycles. The molecule has 1 aromatic heterocycles. The number of likely N-dealkylation sites (tertiary alicyclic amines) is 1. The monoisotopic (exact) mass is 499 g/mol. The van der Waals surface area contributed by atoms with Gasteiger partial charge in [-0.1, -0.05) is 18.2 Å². The number of carbonyl (C=O) groups is 2. The molecule has 192 valence electrons. The van der Waals surface area contributed by atoms with Gasteiger partial charge in [-0.05, 0) is 78.0 Å². The molecule has 3 atom stereocenters. The number of primary amides is 1. The molecule has 8 heteroatoms. The number of nitrogens with one attached hydrogen (secondary N) is 2. The molecule has 5 rings (SSSR count). The zero-order chi connectivity index (χ0) is 25.8. The van der Waals surface area contributed by atoms with Gasteiger partial charge in [0.05, 0.1) is 12.6 Å². The lowest BCUT2D eigenvalue weighted by Gasteiger charge is -2.39. The van der Waals surface area contributed by atoms with Crippen LogP contribution in [0.3, 0.4) is 0 Å². The summed E-state index contributed by atoms with van der Waals surface area (Å²) >= 11 is 0. The Morgan fingerprint density at radius 1 is 1.08 bits per heavy atom. The molecule has 0 aliphatic carbocycles. The molecule has 2 aliphatic heterocycles. The van der Waals surface area contributed by atoms with E-state index in [0.717, 1.165) is 42.0 Å². The number of nitrogens with zero attached hydrogens (tertiary/aromatic N) is 2. The number of rotatable bonds is 9. The van der Waals surface area contributed by atoms with Crippen LogP contribution in [0, 0.1) is 5.92 Å². The van der Waals surface area contributed by atoms with Crippen LogP contribution < -0.4 is 16.4 Å². The summed E-state index contributed by atoms with van der Waals surface area (Å²) in [5, 5.41) is 16.6. The molecule has 2 amide bonds. The molecule has 1 saturated heterocycles. The van der Waals surface area contributed by atoms with Crippen LogP contribution in [0.25, 0.3) is 11.1 Å². The van der Waals surface area contributed by atoms with Crippen molar-refractivity contribution in [2.45, 2.75) is 44.3 Å². The Kier molecular flexibility index (Phi) is 7.48. The lowest BCUT2D eigenvalue weighted by atomic mass is 9.82. The van der Waals surface area contributed by atoms with E-state index in [4.69, 9.17) is 5.73 Å². The molecule has 2 aromatic carbocycles. The molecule has 2 aliphatic rings. The van der Waals surface area contributed by atoms with Gasteiger partial charge in [0.15, 0.2) is 0 Å². The molecule has 0 unspecified atom stereocenters. The van der Waals surface area contributed by atoms with Crippen molar-refractivity contribution in [3.05, 3.63) is 78.1 Å². The summed E-state index contributed by atoms with van der Waals surface area (Å²) in [4.78, 5) is 29.9. The maximum Gasteiger partial charge on any atom is 0.224 e. The number of anilines is 2. The lowest BCUT2D eigenvalue weighted by Crippen LogP contribution is -2.41. The maximum absolute atomic E-state index is 12.3. The van der Waals surface area contributed by atoms with Crippen LogP contribution in [-0.4, -0.2) is 46.0 Å². The third-order valence-corrected chi connectivity index (χ3v) is 7.41. The quantitative estimate of drug-likeness (QED) is 0.356. The van der Waals surface area contributed by atoms with Crippen molar-refractivity contribution in [3.63, 3.8) is 0 Å². The van der Waals surface area contributed by atoms with Crippen LogP contribution in [0.15, 0.2) is 67.0 Å². The molecule has 5 N–H and O–H groups in total. The number of amides is 2. The first kappa shape index (κ1) is 24.9. The number of carbonyl (C=O) groups excluding carboxylic acids is 2. The average molecular weight is 500 g/mol. The summed E-state index contributed by atoms with van der Waals surface area (Å²) in [5.74, 6) is -0.213. The number of nitrogens with two attached hydrogens (primary N) is 1. The summed E-state index contributed by atoms with van der Waals surface area (Å²) in [5.41, 5.74) is 11.5. The number of fused-ring (bicyclic) bond motifs is 3. The fourth-order valence-electron chi connectivity index (χ4n) is 5.66. The van der Waals surface area contributed by atoms with E-state index in [1.807, 2.05) is 36.7 Å². The van der Waals surface area contributed by atoms with Crippen molar-refractivity contribution in [1.82, 2.24) is 9.88 Å². The Morgan fingerprint density at radius 3 is 2.68 bits per heavy atom. The van der Waals surface area contributed by atoms with E-state index in [-0.39, 0.29) is 37.4 Å². The van der Waals surface area contributed by atoms with E-state index in [9.17, 15) is 14.7 Å². The number of benzene rings is 2. The molecule has 1 fully saturated rings. The topological polar surface area (TPSA) is 121 Å². The van der Waals surface area contributed by atoms with Crippen LogP contribution in [0.5, 0.6) is 0 Å². The summed E-state index contributed by atoms with van der Waals surface area (Å²) in [6.45, 7) is 1.91. The minimum absolute atomic E-state index is 0.0268. The molecule has 0 spiro atoms. The minimum atomic E-state index is -0.397. The molecule has 0 saturated carbocycles. The second-order valence-corrected chi connectivity index (χ2v) is 9.91. The average Bonchev–Trinajstić information content (AvgIpc) is 3.32. The molecular formula is C29H33N5O3. The maximum atomic E-state index is 12.3. The summed E-state index contributed by atoms with van der Waals surface area (Å²) in [7, 11) is 0. The number of aromatic nitrogens is 1. The predicted molar refractivity (Wildman–Crippen MR) is 144 cm³/mol. The fourth-order valence-corrected chi connectivity index (χ4v) is 5.66. The summed E-state index contributed by atoms with van der Waals surface area (Å²) in [6.07, 6.45) is 5.57. The van der Waals surface area contributed by atoms with Gasteiger partial charge in [-0.3, -0.25) is 19.5 Å². The van der Waals surface area contributed by atoms with Crippen LogP contribution in [0.2, 0.25) is 0 Å². The first-order valence-electron chi connectivity index (χ1n) is 12.8. The fraction of sp³-hybridized carbons (Fsp3) is 0.345. The van der Waals surface area contributed by atoms with E-state index in [0.29, 0.717) is 12.3 Å². The summed E-state index contributed by atoms with van der Waals surface area (Å²) < 4.78 is 0. The van der Waals surface area contributed by atoms with Crippen LogP contribution in [0.4, 0.5) is 11.4 Å². The highest BCUT2D eigenvalue weighted by Crippen LogP contribution is 2.47.